The van der Waals surface area contributed by atoms with Crippen molar-refractivity contribution >= 4 is 17.7 Å². The normalized spacial score (nSPS) is 14.0. The number of carboxylic acids is 1. The summed E-state index contributed by atoms with van der Waals surface area (Å²) in [7, 11) is 0. The van der Waals surface area contributed by atoms with E-state index in [2.05, 4.69) is 9.97 Å². The zero-order valence-corrected chi connectivity index (χ0v) is 8.38. The average Bonchev–Trinajstić information content (AvgIpc) is 2.61. The third-order valence-corrected chi connectivity index (χ3v) is 3.06. The SMILES string of the molecule is O=C(O)CCc1ncc2c(n1)CSC2. The van der Waals surface area contributed by atoms with E-state index in [1.54, 1.807) is 0 Å². The zero-order valence-electron chi connectivity index (χ0n) is 7.56. The first kappa shape index (κ1) is 9.45. The molecular weight excluding hydrogens is 200 g/mol. The number of thioether (sulfide) groups is 1. The number of nitrogens with zero attached hydrogens (tertiary/aromatic N) is 2. The Bertz CT molecular complexity index is 368. The van der Waals surface area contributed by atoms with E-state index in [0.29, 0.717) is 12.2 Å². The first-order valence-electron chi connectivity index (χ1n) is 4.39. The summed E-state index contributed by atoms with van der Waals surface area (Å²) < 4.78 is 0. The molecule has 0 radical (unpaired) electrons. The number of rotatable bonds is 3. The van der Waals surface area contributed by atoms with Gasteiger partial charge in [-0.1, -0.05) is 0 Å². The molecular formula is C9H10N2O2S. The van der Waals surface area contributed by atoms with E-state index in [9.17, 15) is 4.79 Å². The molecule has 0 fully saturated rings. The van der Waals surface area contributed by atoms with Crippen LogP contribution in [0, 0.1) is 0 Å². The predicted octanol–water partition coefficient (Wildman–Crippen LogP) is 1.24. The molecule has 2 rings (SSSR count). The summed E-state index contributed by atoms with van der Waals surface area (Å²) in [6, 6.07) is 0. The summed E-state index contributed by atoms with van der Waals surface area (Å²) in [4.78, 5) is 18.8. The molecule has 4 nitrogen and oxygen atoms in total. The first-order chi connectivity index (χ1) is 6.75. The number of aromatic nitrogens is 2. The number of aryl methyl sites for hydroxylation is 1. The van der Waals surface area contributed by atoms with E-state index in [1.807, 2.05) is 18.0 Å². The van der Waals surface area contributed by atoms with Gasteiger partial charge >= 0.3 is 5.97 Å². The molecule has 0 saturated carbocycles. The Hall–Kier alpha value is -1.10. The summed E-state index contributed by atoms with van der Waals surface area (Å²) in [5.74, 6) is 1.75. The van der Waals surface area contributed by atoms with E-state index in [0.717, 1.165) is 17.2 Å². The van der Waals surface area contributed by atoms with Gasteiger partial charge in [0.25, 0.3) is 0 Å². The summed E-state index contributed by atoms with van der Waals surface area (Å²) in [6.45, 7) is 0. The standard InChI is InChI=1S/C9H10N2O2S/c12-9(13)2-1-8-10-3-6-4-14-5-7(6)11-8/h3H,1-2,4-5H2,(H,12,13). The summed E-state index contributed by atoms with van der Waals surface area (Å²) in [5.41, 5.74) is 2.26. The Morgan fingerprint density at radius 3 is 3.21 bits per heavy atom. The predicted molar refractivity (Wildman–Crippen MR) is 53.0 cm³/mol. The molecule has 0 saturated heterocycles. The van der Waals surface area contributed by atoms with Crippen molar-refractivity contribution in [3.63, 3.8) is 0 Å². The Morgan fingerprint density at radius 1 is 1.57 bits per heavy atom. The second-order valence-corrected chi connectivity index (χ2v) is 4.13. The number of hydrogen-bond donors (Lipinski definition) is 1. The molecule has 0 spiro atoms. The van der Waals surface area contributed by atoms with E-state index >= 15 is 0 Å². The minimum absolute atomic E-state index is 0.103. The quantitative estimate of drug-likeness (QED) is 0.813. The largest absolute Gasteiger partial charge is 0.481 e. The highest BCUT2D eigenvalue weighted by Crippen LogP contribution is 2.27. The van der Waals surface area contributed by atoms with Gasteiger partial charge < -0.3 is 5.11 Å². The van der Waals surface area contributed by atoms with Gasteiger partial charge in [-0.05, 0) is 0 Å². The molecule has 0 atom stereocenters. The summed E-state index contributed by atoms with van der Waals surface area (Å²) in [5, 5.41) is 8.51. The Morgan fingerprint density at radius 2 is 2.43 bits per heavy atom. The first-order valence-corrected chi connectivity index (χ1v) is 5.54. The van der Waals surface area contributed by atoms with Gasteiger partial charge in [0.15, 0.2) is 0 Å². The molecule has 1 N–H and O–H groups in total. The van der Waals surface area contributed by atoms with Crippen LogP contribution in [0.4, 0.5) is 0 Å². The van der Waals surface area contributed by atoms with Crippen molar-refractivity contribution in [2.75, 3.05) is 0 Å². The number of aliphatic carboxylic acids is 1. The van der Waals surface area contributed by atoms with Crippen LogP contribution >= 0.6 is 11.8 Å². The van der Waals surface area contributed by atoms with Crippen LogP contribution in [0.2, 0.25) is 0 Å². The van der Waals surface area contributed by atoms with Gasteiger partial charge in [-0.25, -0.2) is 9.97 Å². The number of carboxylic acid groups (broad SMARTS) is 1. The van der Waals surface area contributed by atoms with Gasteiger partial charge in [0.1, 0.15) is 5.82 Å². The Labute approximate surface area is 85.8 Å². The molecule has 0 aliphatic carbocycles. The van der Waals surface area contributed by atoms with Crippen molar-refractivity contribution in [3.8, 4) is 0 Å². The van der Waals surface area contributed by atoms with Crippen molar-refractivity contribution in [3.05, 3.63) is 23.3 Å². The molecule has 5 heteroatoms. The van der Waals surface area contributed by atoms with Gasteiger partial charge in [0.2, 0.25) is 0 Å². The van der Waals surface area contributed by atoms with Crippen molar-refractivity contribution in [2.45, 2.75) is 24.3 Å². The molecule has 2 heterocycles. The lowest BCUT2D eigenvalue weighted by Gasteiger charge is -2.00. The average molecular weight is 210 g/mol. The van der Waals surface area contributed by atoms with Crippen LogP contribution in [-0.2, 0) is 22.7 Å². The highest BCUT2D eigenvalue weighted by molar-refractivity contribution is 7.98. The van der Waals surface area contributed by atoms with Crippen molar-refractivity contribution in [1.82, 2.24) is 9.97 Å². The Kier molecular flexibility index (Phi) is 2.67. The lowest BCUT2D eigenvalue weighted by atomic mass is 10.2. The maximum absolute atomic E-state index is 10.3. The van der Waals surface area contributed by atoms with Crippen LogP contribution in [0.1, 0.15) is 23.5 Å². The fraction of sp³-hybridized carbons (Fsp3) is 0.444. The van der Waals surface area contributed by atoms with Crippen LogP contribution in [0.25, 0.3) is 0 Å². The fourth-order valence-corrected chi connectivity index (χ4v) is 2.33. The molecule has 0 bridgehead atoms. The fourth-order valence-electron chi connectivity index (χ4n) is 1.33. The topological polar surface area (TPSA) is 63.1 Å². The number of carbonyl (C=O) groups is 1. The van der Waals surface area contributed by atoms with Crippen LogP contribution in [0.5, 0.6) is 0 Å². The van der Waals surface area contributed by atoms with Gasteiger partial charge in [0, 0.05) is 29.7 Å². The number of hydrogen-bond acceptors (Lipinski definition) is 4. The van der Waals surface area contributed by atoms with Crippen LogP contribution in [0.15, 0.2) is 6.20 Å². The second-order valence-electron chi connectivity index (χ2n) is 3.14. The molecule has 0 unspecified atom stereocenters. The lowest BCUT2D eigenvalue weighted by molar-refractivity contribution is -0.137. The molecule has 1 aromatic heterocycles. The molecule has 0 aromatic carbocycles. The second kappa shape index (κ2) is 3.96. The Balaban J connectivity index is 2.09. The van der Waals surface area contributed by atoms with Gasteiger partial charge in [-0.15, -0.1) is 0 Å². The third-order valence-electron chi connectivity index (χ3n) is 2.06. The van der Waals surface area contributed by atoms with Gasteiger partial charge in [-0.3, -0.25) is 4.79 Å². The van der Waals surface area contributed by atoms with Crippen molar-refractivity contribution in [2.24, 2.45) is 0 Å². The molecule has 0 amide bonds. The van der Waals surface area contributed by atoms with E-state index in [4.69, 9.17) is 5.11 Å². The maximum Gasteiger partial charge on any atom is 0.303 e. The highest BCUT2D eigenvalue weighted by Gasteiger charge is 2.13. The van der Waals surface area contributed by atoms with E-state index in [1.165, 1.54) is 5.56 Å². The minimum atomic E-state index is -0.802. The van der Waals surface area contributed by atoms with Gasteiger partial charge in [0.05, 0.1) is 12.1 Å². The van der Waals surface area contributed by atoms with Crippen LogP contribution in [-0.4, -0.2) is 21.0 Å². The van der Waals surface area contributed by atoms with Crippen LogP contribution in [0.3, 0.4) is 0 Å². The maximum atomic E-state index is 10.3. The molecule has 74 valence electrons. The summed E-state index contributed by atoms with van der Waals surface area (Å²) in [6.07, 6.45) is 2.35. The van der Waals surface area contributed by atoms with Gasteiger partial charge in [-0.2, -0.15) is 11.8 Å². The summed E-state index contributed by atoms with van der Waals surface area (Å²) >= 11 is 1.82. The molecule has 1 aliphatic heterocycles. The third kappa shape index (κ3) is 2.04. The van der Waals surface area contributed by atoms with E-state index in [-0.39, 0.29) is 6.42 Å². The monoisotopic (exact) mass is 210 g/mol. The van der Waals surface area contributed by atoms with Crippen molar-refractivity contribution < 1.29 is 9.90 Å². The molecule has 1 aliphatic rings. The molecule has 1 aromatic rings. The number of fused-ring (bicyclic) bond motifs is 1. The smallest absolute Gasteiger partial charge is 0.303 e. The lowest BCUT2D eigenvalue weighted by Crippen LogP contribution is -2.03. The van der Waals surface area contributed by atoms with Crippen LogP contribution < -0.4 is 0 Å². The van der Waals surface area contributed by atoms with Crippen molar-refractivity contribution in [1.29, 1.82) is 0 Å². The zero-order chi connectivity index (χ0) is 9.97. The molecule has 14 heavy (non-hydrogen) atoms. The van der Waals surface area contributed by atoms with E-state index < -0.39 is 5.97 Å². The highest BCUT2D eigenvalue weighted by atomic mass is 32.2. The minimum Gasteiger partial charge on any atom is -0.481 e.